The van der Waals surface area contributed by atoms with Crippen LogP contribution in [0.3, 0.4) is 0 Å². The van der Waals surface area contributed by atoms with E-state index in [0.29, 0.717) is 6.42 Å². The zero-order chi connectivity index (χ0) is 9.26. The highest BCUT2D eigenvalue weighted by molar-refractivity contribution is 9.10. The summed E-state index contributed by atoms with van der Waals surface area (Å²) in [5.74, 6) is 0. The van der Waals surface area contributed by atoms with Crippen LogP contribution in [0.15, 0.2) is 22.7 Å². The SMILES string of the molecule is O=CCc1snc2ccc(Br)cc12. The fourth-order valence-electron chi connectivity index (χ4n) is 1.19. The second-order valence-corrected chi connectivity index (χ2v) is 4.41. The van der Waals surface area contributed by atoms with E-state index in [-0.39, 0.29) is 0 Å². The molecular weight excluding hydrogens is 250 g/mol. The average molecular weight is 256 g/mol. The van der Waals surface area contributed by atoms with Gasteiger partial charge in [0.1, 0.15) is 6.29 Å². The van der Waals surface area contributed by atoms with Crippen LogP contribution >= 0.6 is 27.5 Å². The van der Waals surface area contributed by atoms with Gasteiger partial charge < -0.3 is 4.79 Å². The van der Waals surface area contributed by atoms with Gasteiger partial charge in [-0.25, -0.2) is 0 Å². The number of fused-ring (bicyclic) bond motifs is 1. The molecule has 66 valence electrons. The van der Waals surface area contributed by atoms with Gasteiger partial charge in [0.05, 0.1) is 5.52 Å². The molecule has 0 radical (unpaired) electrons. The zero-order valence-electron chi connectivity index (χ0n) is 6.66. The molecule has 0 aliphatic rings. The van der Waals surface area contributed by atoms with Crippen LogP contribution in [0.5, 0.6) is 0 Å². The van der Waals surface area contributed by atoms with Crippen LogP contribution < -0.4 is 0 Å². The summed E-state index contributed by atoms with van der Waals surface area (Å²) < 4.78 is 5.26. The number of rotatable bonds is 2. The standard InChI is InChI=1S/C9H6BrNOS/c10-6-1-2-8-7(5-6)9(3-4-12)13-11-8/h1-2,4-5H,3H2. The summed E-state index contributed by atoms with van der Waals surface area (Å²) in [6.07, 6.45) is 1.37. The van der Waals surface area contributed by atoms with Gasteiger partial charge in [-0.15, -0.1) is 0 Å². The summed E-state index contributed by atoms with van der Waals surface area (Å²) in [5.41, 5.74) is 0.963. The lowest BCUT2D eigenvalue weighted by molar-refractivity contribution is -0.107. The molecule has 0 amide bonds. The first-order chi connectivity index (χ1) is 6.31. The van der Waals surface area contributed by atoms with Crippen molar-refractivity contribution in [2.75, 3.05) is 0 Å². The molecule has 1 aromatic heterocycles. The molecule has 4 heteroatoms. The molecule has 0 bridgehead atoms. The monoisotopic (exact) mass is 255 g/mol. The summed E-state index contributed by atoms with van der Waals surface area (Å²) in [6.45, 7) is 0. The van der Waals surface area contributed by atoms with Crippen molar-refractivity contribution < 1.29 is 4.79 Å². The van der Waals surface area contributed by atoms with E-state index >= 15 is 0 Å². The summed E-state index contributed by atoms with van der Waals surface area (Å²) in [6, 6.07) is 5.90. The van der Waals surface area contributed by atoms with Crippen LogP contribution in [0, 0.1) is 0 Å². The van der Waals surface area contributed by atoms with Gasteiger partial charge in [0, 0.05) is 21.2 Å². The molecule has 0 aliphatic heterocycles. The fourth-order valence-corrected chi connectivity index (χ4v) is 2.32. The highest BCUT2D eigenvalue weighted by Gasteiger charge is 2.04. The van der Waals surface area contributed by atoms with E-state index in [4.69, 9.17) is 0 Å². The van der Waals surface area contributed by atoms with Gasteiger partial charge >= 0.3 is 0 Å². The van der Waals surface area contributed by atoms with Gasteiger partial charge in [0.2, 0.25) is 0 Å². The molecule has 0 spiro atoms. The summed E-state index contributed by atoms with van der Waals surface area (Å²) in [4.78, 5) is 11.4. The van der Waals surface area contributed by atoms with Crippen molar-refractivity contribution >= 4 is 44.7 Å². The predicted octanol–water partition coefficient (Wildman–Crippen LogP) is 2.80. The number of benzene rings is 1. The zero-order valence-corrected chi connectivity index (χ0v) is 9.06. The van der Waals surface area contributed by atoms with Crippen LogP contribution in [-0.4, -0.2) is 10.7 Å². The van der Waals surface area contributed by atoms with Gasteiger partial charge in [0.25, 0.3) is 0 Å². The molecule has 0 saturated carbocycles. The lowest BCUT2D eigenvalue weighted by Crippen LogP contribution is -1.80. The van der Waals surface area contributed by atoms with Crippen molar-refractivity contribution in [1.29, 1.82) is 0 Å². The van der Waals surface area contributed by atoms with Crippen LogP contribution in [0.4, 0.5) is 0 Å². The molecule has 13 heavy (non-hydrogen) atoms. The Morgan fingerprint density at radius 1 is 1.54 bits per heavy atom. The van der Waals surface area contributed by atoms with Crippen molar-refractivity contribution in [3.05, 3.63) is 27.5 Å². The van der Waals surface area contributed by atoms with Crippen molar-refractivity contribution in [3.63, 3.8) is 0 Å². The minimum absolute atomic E-state index is 0.456. The van der Waals surface area contributed by atoms with Gasteiger partial charge in [0.15, 0.2) is 0 Å². The number of nitrogens with zero attached hydrogens (tertiary/aromatic N) is 1. The number of carbonyl (C=O) groups excluding carboxylic acids is 1. The molecule has 0 N–H and O–H groups in total. The van der Waals surface area contributed by atoms with Gasteiger partial charge in [-0.1, -0.05) is 15.9 Å². The Morgan fingerprint density at radius 2 is 2.38 bits per heavy atom. The number of hydrogen-bond donors (Lipinski definition) is 0. The molecule has 1 aromatic carbocycles. The van der Waals surface area contributed by atoms with Crippen LogP contribution in [0.2, 0.25) is 0 Å². The minimum atomic E-state index is 0.456. The third kappa shape index (κ3) is 1.64. The maximum Gasteiger partial charge on any atom is 0.125 e. The molecule has 0 unspecified atom stereocenters. The second-order valence-electron chi connectivity index (χ2n) is 2.64. The third-order valence-corrected chi connectivity index (χ3v) is 3.17. The highest BCUT2D eigenvalue weighted by Crippen LogP contribution is 2.25. The molecule has 2 aromatic rings. The molecule has 0 fully saturated rings. The van der Waals surface area contributed by atoms with Crippen molar-refractivity contribution in [1.82, 2.24) is 4.37 Å². The summed E-state index contributed by atoms with van der Waals surface area (Å²) in [7, 11) is 0. The van der Waals surface area contributed by atoms with E-state index in [2.05, 4.69) is 20.3 Å². The third-order valence-electron chi connectivity index (χ3n) is 1.78. The van der Waals surface area contributed by atoms with E-state index in [9.17, 15) is 4.79 Å². The van der Waals surface area contributed by atoms with Crippen LogP contribution in [0.25, 0.3) is 10.9 Å². The van der Waals surface area contributed by atoms with Crippen LogP contribution in [0.1, 0.15) is 4.88 Å². The number of halogens is 1. The Kier molecular flexibility index (Phi) is 2.42. The maximum atomic E-state index is 10.4. The summed E-state index contributed by atoms with van der Waals surface area (Å²) in [5, 5.41) is 1.08. The average Bonchev–Trinajstić information content (AvgIpc) is 2.49. The largest absolute Gasteiger partial charge is 0.303 e. The predicted molar refractivity (Wildman–Crippen MR) is 57.1 cm³/mol. The first-order valence-corrected chi connectivity index (χ1v) is 5.35. The second kappa shape index (κ2) is 3.55. The minimum Gasteiger partial charge on any atom is -0.303 e. The van der Waals surface area contributed by atoms with E-state index in [1.165, 1.54) is 11.5 Å². The Morgan fingerprint density at radius 3 is 3.15 bits per heavy atom. The molecule has 0 saturated heterocycles. The topological polar surface area (TPSA) is 30.0 Å². The number of carbonyl (C=O) groups is 1. The Bertz CT molecular complexity index is 452. The molecule has 2 rings (SSSR count). The van der Waals surface area contributed by atoms with Crippen molar-refractivity contribution in [2.24, 2.45) is 0 Å². The Balaban J connectivity index is 2.64. The van der Waals surface area contributed by atoms with Crippen molar-refractivity contribution in [3.8, 4) is 0 Å². The van der Waals surface area contributed by atoms with Crippen molar-refractivity contribution in [2.45, 2.75) is 6.42 Å². The molecular formula is C9H6BrNOS. The molecule has 0 aliphatic carbocycles. The normalized spacial score (nSPS) is 10.5. The first-order valence-electron chi connectivity index (χ1n) is 3.78. The maximum absolute atomic E-state index is 10.4. The Labute approximate surface area is 87.9 Å². The molecule has 2 nitrogen and oxygen atoms in total. The number of hydrogen-bond acceptors (Lipinski definition) is 3. The highest BCUT2D eigenvalue weighted by atomic mass is 79.9. The van der Waals surface area contributed by atoms with Crippen LogP contribution in [-0.2, 0) is 11.2 Å². The van der Waals surface area contributed by atoms with Gasteiger partial charge in [-0.05, 0) is 29.7 Å². The number of aldehydes is 1. The Hall–Kier alpha value is -0.740. The lowest BCUT2D eigenvalue weighted by atomic mass is 10.2. The van der Waals surface area contributed by atoms with Gasteiger partial charge in [-0.2, -0.15) is 4.37 Å². The first kappa shape index (κ1) is 8.84. The van der Waals surface area contributed by atoms with E-state index in [1.54, 1.807) is 0 Å². The molecule has 1 heterocycles. The quantitative estimate of drug-likeness (QED) is 0.773. The number of aromatic nitrogens is 1. The fraction of sp³-hybridized carbons (Fsp3) is 0.111. The summed E-state index contributed by atoms with van der Waals surface area (Å²) >= 11 is 4.78. The van der Waals surface area contributed by atoms with Gasteiger partial charge in [-0.3, -0.25) is 0 Å². The lowest BCUT2D eigenvalue weighted by Gasteiger charge is -1.92. The smallest absolute Gasteiger partial charge is 0.125 e. The van der Waals surface area contributed by atoms with E-state index < -0.39 is 0 Å². The van der Waals surface area contributed by atoms with E-state index in [0.717, 1.165) is 26.5 Å². The molecule has 0 atom stereocenters. The van der Waals surface area contributed by atoms with E-state index in [1.807, 2.05) is 18.2 Å².